The van der Waals surface area contributed by atoms with Gasteiger partial charge in [0.1, 0.15) is 5.69 Å². The van der Waals surface area contributed by atoms with Crippen LogP contribution in [0.15, 0.2) is 70.3 Å². The van der Waals surface area contributed by atoms with Gasteiger partial charge in [-0.05, 0) is 42.0 Å². The van der Waals surface area contributed by atoms with Crippen molar-refractivity contribution in [3.63, 3.8) is 0 Å². The van der Waals surface area contributed by atoms with Crippen molar-refractivity contribution in [2.24, 2.45) is 0 Å². The Labute approximate surface area is 147 Å². The fourth-order valence-corrected chi connectivity index (χ4v) is 3.58. The van der Waals surface area contributed by atoms with Crippen LogP contribution in [0.3, 0.4) is 0 Å². The molecule has 3 aromatic rings. The van der Waals surface area contributed by atoms with Crippen molar-refractivity contribution in [1.29, 1.82) is 0 Å². The zero-order chi connectivity index (χ0) is 18.8. The number of sulfonamides is 1. The van der Waals surface area contributed by atoms with E-state index in [1.807, 2.05) is 0 Å². The van der Waals surface area contributed by atoms with Crippen LogP contribution in [0.2, 0.25) is 0 Å². The molecule has 2 heterocycles. The first-order chi connectivity index (χ1) is 12.3. The Hall–Kier alpha value is -2.65. The molecule has 0 amide bonds. The van der Waals surface area contributed by atoms with Crippen LogP contribution in [-0.4, -0.2) is 13.4 Å². The maximum atomic E-state index is 13.0. The van der Waals surface area contributed by atoms with Gasteiger partial charge >= 0.3 is 6.18 Å². The van der Waals surface area contributed by atoms with Gasteiger partial charge in [0, 0.05) is 12.7 Å². The van der Waals surface area contributed by atoms with E-state index in [2.05, 4.69) is 9.71 Å². The lowest BCUT2D eigenvalue weighted by atomic mass is 10.2. The molecule has 0 aliphatic heterocycles. The Morgan fingerprint density at radius 1 is 1.08 bits per heavy atom. The number of hydrogen-bond acceptors (Lipinski definition) is 4. The molecule has 0 unspecified atom stereocenters. The summed E-state index contributed by atoms with van der Waals surface area (Å²) in [6.45, 7) is -0.190. The summed E-state index contributed by atoms with van der Waals surface area (Å²) in [6.07, 6.45) is -1.83. The molecule has 0 radical (unpaired) electrons. The molecule has 136 valence electrons. The third kappa shape index (κ3) is 3.94. The largest absolute Gasteiger partial charge is 0.463 e. The Balaban J connectivity index is 1.83. The van der Waals surface area contributed by atoms with Gasteiger partial charge in [-0.25, -0.2) is 13.1 Å². The van der Waals surface area contributed by atoms with Crippen molar-refractivity contribution in [1.82, 2.24) is 9.71 Å². The highest BCUT2D eigenvalue weighted by Gasteiger charge is 2.36. The quantitative estimate of drug-likeness (QED) is 0.728. The fraction of sp³-hybridized carbons (Fsp3) is 0.118. The molecule has 1 N–H and O–H groups in total. The fourth-order valence-electron chi connectivity index (χ4n) is 2.33. The first-order valence-corrected chi connectivity index (χ1v) is 8.90. The lowest BCUT2D eigenvalue weighted by molar-refractivity contribution is -0.139. The molecule has 3 rings (SSSR count). The maximum Gasteiger partial charge on any atom is 0.417 e. The van der Waals surface area contributed by atoms with E-state index in [-0.39, 0.29) is 6.54 Å². The molecule has 0 spiro atoms. The zero-order valence-electron chi connectivity index (χ0n) is 13.2. The molecular formula is C17H13F3N2O3S. The average molecular weight is 382 g/mol. The van der Waals surface area contributed by atoms with Gasteiger partial charge in [0.15, 0.2) is 5.76 Å². The molecule has 0 aliphatic rings. The number of nitrogens with one attached hydrogen (secondary N) is 1. The van der Waals surface area contributed by atoms with Gasteiger partial charge in [0.05, 0.1) is 16.7 Å². The minimum atomic E-state index is -4.77. The standard InChI is InChI=1S/C17H13F3N2O3S/c18-17(19,20)13-4-1-2-6-16(13)26(23,24)22-11-12-7-8-21-14(10-12)15-5-3-9-25-15/h1-10,22H,11H2. The SMILES string of the molecule is O=S(=O)(NCc1ccnc(-c2ccco2)c1)c1ccccc1C(F)(F)F. The van der Waals surface area contributed by atoms with Crippen molar-refractivity contribution in [3.05, 3.63) is 72.1 Å². The van der Waals surface area contributed by atoms with Crippen LogP contribution < -0.4 is 4.72 Å². The summed E-state index contributed by atoms with van der Waals surface area (Å²) < 4.78 is 71.2. The third-order valence-corrected chi connectivity index (χ3v) is 5.01. The Kier molecular flexibility index (Phi) is 4.84. The second-order valence-corrected chi connectivity index (χ2v) is 7.08. The molecule has 0 bridgehead atoms. The van der Waals surface area contributed by atoms with Gasteiger partial charge in [-0.2, -0.15) is 13.2 Å². The molecular weight excluding hydrogens is 369 g/mol. The van der Waals surface area contributed by atoms with Crippen LogP contribution in [0.1, 0.15) is 11.1 Å². The van der Waals surface area contributed by atoms with Crippen molar-refractivity contribution >= 4 is 10.0 Å². The monoisotopic (exact) mass is 382 g/mol. The second kappa shape index (κ2) is 6.93. The van der Waals surface area contributed by atoms with Gasteiger partial charge in [-0.1, -0.05) is 12.1 Å². The predicted molar refractivity (Wildman–Crippen MR) is 87.4 cm³/mol. The maximum absolute atomic E-state index is 13.0. The number of benzene rings is 1. The van der Waals surface area contributed by atoms with E-state index in [1.165, 1.54) is 18.5 Å². The van der Waals surface area contributed by atoms with Crippen LogP contribution in [0.4, 0.5) is 13.2 Å². The van der Waals surface area contributed by atoms with Gasteiger partial charge in [-0.3, -0.25) is 4.98 Å². The predicted octanol–water partition coefficient (Wildman–Crippen LogP) is 3.84. The minimum absolute atomic E-state index is 0.190. The number of alkyl halides is 3. The molecule has 1 aromatic carbocycles. The summed E-state index contributed by atoms with van der Waals surface area (Å²) in [6, 6.07) is 10.6. The summed E-state index contributed by atoms with van der Waals surface area (Å²) >= 11 is 0. The van der Waals surface area contributed by atoms with Gasteiger partial charge < -0.3 is 4.42 Å². The Morgan fingerprint density at radius 3 is 2.54 bits per heavy atom. The average Bonchev–Trinajstić information content (AvgIpc) is 3.14. The summed E-state index contributed by atoms with van der Waals surface area (Å²) in [7, 11) is -4.35. The van der Waals surface area contributed by atoms with E-state index in [4.69, 9.17) is 4.42 Å². The van der Waals surface area contributed by atoms with Crippen LogP contribution in [0.5, 0.6) is 0 Å². The van der Waals surface area contributed by atoms with Crippen molar-refractivity contribution < 1.29 is 26.0 Å². The summed E-state index contributed by atoms with van der Waals surface area (Å²) in [5.41, 5.74) is -0.194. The highest BCUT2D eigenvalue weighted by molar-refractivity contribution is 7.89. The van der Waals surface area contributed by atoms with E-state index >= 15 is 0 Å². The van der Waals surface area contributed by atoms with Gasteiger partial charge in [-0.15, -0.1) is 0 Å². The highest BCUT2D eigenvalue weighted by atomic mass is 32.2. The van der Waals surface area contributed by atoms with Crippen LogP contribution in [-0.2, 0) is 22.7 Å². The molecule has 0 fully saturated rings. The Bertz CT molecular complexity index is 1000. The molecule has 5 nitrogen and oxygen atoms in total. The molecule has 26 heavy (non-hydrogen) atoms. The molecule has 0 atom stereocenters. The van der Waals surface area contributed by atoms with Crippen molar-refractivity contribution in [2.45, 2.75) is 17.6 Å². The van der Waals surface area contributed by atoms with Crippen molar-refractivity contribution in [2.75, 3.05) is 0 Å². The minimum Gasteiger partial charge on any atom is -0.463 e. The van der Waals surface area contributed by atoms with Crippen LogP contribution >= 0.6 is 0 Å². The number of hydrogen-bond donors (Lipinski definition) is 1. The summed E-state index contributed by atoms with van der Waals surface area (Å²) in [5, 5.41) is 0. The molecule has 2 aromatic heterocycles. The van der Waals surface area contributed by atoms with Crippen molar-refractivity contribution in [3.8, 4) is 11.5 Å². The molecule has 0 saturated carbocycles. The summed E-state index contributed by atoms with van der Waals surface area (Å²) in [4.78, 5) is 3.30. The van der Waals surface area contributed by atoms with E-state index in [9.17, 15) is 21.6 Å². The number of pyridine rings is 1. The molecule has 9 heteroatoms. The van der Waals surface area contributed by atoms with Crippen LogP contribution in [0, 0.1) is 0 Å². The number of rotatable bonds is 5. The van der Waals surface area contributed by atoms with Gasteiger partial charge in [0.25, 0.3) is 0 Å². The first-order valence-electron chi connectivity index (χ1n) is 7.42. The van der Waals surface area contributed by atoms with Gasteiger partial charge in [0.2, 0.25) is 10.0 Å². The van der Waals surface area contributed by atoms with Crippen LogP contribution in [0.25, 0.3) is 11.5 Å². The number of furan rings is 1. The highest BCUT2D eigenvalue weighted by Crippen LogP contribution is 2.33. The zero-order valence-corrected chi connectivity index (χ0v) is 14.0. The first kappa shape index (κ1) is 18.2. The third-order valence-electron chi connectivity index (χ3n) is 3.55. The topological polar surface area (TPSA) is 72.2 Å². The summed E-state index contributed by atoms with van der Waals surface area (Å²) in [5.74, 6) is 0.497. The van der Waals surface area contributed by atoms with E-state index in [0.717, 1.165) is 18.2 Å². The second-order valence-electron chi connectivity index (χ2n) is 5.35. The van der Waals surface area contributed by atoms with E-state index < -0.39 is 26.7 Å². The van der Waals surface area contributed by atoms with E-state index in [0.29, 0.717) is 17.0 Å². The number of nitrogens with zero attached hydrogens (tertiary/aromatic N) is 1. The molecule has 0 aliphatic carbocycles. The smallest absolute Gasteiger partial charge is 0.417 e. The molecule has 0 saturated heterocycles. The Morgan fingerprint density at radius 2 is 1.85 bits per heavy atom. The van der Waals surface area contributed by atoms with E-state index in [1.54, 1.807) is 24.3 Å². The lowest BCUT2D eigenvalue weighted by Gasteiger charge is -2.13. The number of aromatic nitrogens is 1. The lowest BCUT2D eigenvalue weighted by Crippen LogP contribution is -2.26. The normalized spacial score (nSPS) is 12.3. The number of halogens is 3.